The number of hydrogen-bond donors (Lipinski definition) is 0. The molecule has 0 amide bonds. The molecule has 1 aromatic rings. The molecule has 1 heterocycles. The van der Waals surface area contributed by atoms with Gasteiger partial charge in [0.15, 0.2) is 0 Å². The first-order valence-corrected chi connectivity index (χ1v) is 8.36. The number of aryl methyl sites for hydroxylation is 1. The lowest BCUT2D eigenvalue weighted by Crippen LogP contribution is -2.11. The first-order valence-electron chi connectivity index (χ1n) is 8.36. The fourth-order valence-corrected chi connectivity index (χ4v) is 3.41. The zero-order valence-corrected chi connectivity index (χ0v) is 13.5. The molecule has 22 heavy (non-hydrogen) atoms. The van der Waals surface area contributed by atoms with Gasteiger partial charge in [0.1, 0.15) is 0 Å². The molecule has 0 bridgehead atoms. The third-order valence-electron chi connectivity index (χ3n) is 4.58. The van der Waals surface area contributed by atoms with Gasteiger partial charge in [-0.3, -0.25) is 4.98 Å². The average Bonchev–Trinajstić information content (AvgIpc) is 2.54. The summed E-state index contributed by atoms with van der Waals surface area (Å²) in [6.07, 6.45) is 18.3. The minimum atomic E-state index is 0.765. The molecular weight excluding hydrogens is 266 g/mol. The molecule has 0 N–H and O–H groups in total. The van der Waals surface area contributed by atoms with Crippen LogP contribution in [0.4, 0.5) is 0 Å². The van der Waals surface area contributed by atoms with Gasteiger partial charge in [-0.1, -0.05) is 42.5 Å². The van der Waals surface area contributed by atoms with Gasteiger partial charge in [-0.05, 0) is 67.7 Å². The molecule has 114 valence electrons. The van der Waals surface area contributed by atoms with Crippen LogP contribution in [0.1, 0.15) is 43.9 Å². The van der Waals surface area contributed by atoms with Crippen molar-refractivity contribution >= 4 is 0 Å². The van der Waals surface area contributed by atoms with E-state index in [1.807, 2.05) is 13.1 Å². The second-order valence-corrected chi connectivity index (χ2v) is 6.59. The van der Waals surface area contributed by atoms with Crippen LogP contribution < -0.4 is 0 Å². The molecule has 0 saturated carbocycles. The number of allylic oxidation sites excluding steroid dienone is 7. The monoisotopic (exact) mass is 291 g/mol. The average molecular weight is 291 g/mol. The highest BCUT2D eigenvalue weighted by Gasteiger charge is 2.19. The van der Waals surface area contributed by atoms with E-state index >= 15 is 0 Å². The van der Waals surface area contributed by atoms with Gasteiger partial charge >= 0.3 is 0 Å². The second-order valence-electron chi connectivity index (χ2n) is 6.59. The topological polar surface area (TPSA) is 12.9 Å². The molecule has 0 aliphatic heterocycles. The highest BCUT2D eigenvalue weighted by Crippen LogP contribution is 2.34. The van der Waals surface area contributed by atoms with Gasteiger partial charge in [0.2, 0.25) is 0 Å². The summed E-state index contributed by atoms with van der Waals surface area (Å²) < 4.78 is 0. The number of aromatic nitrogens is 1. The second kappa shape index (κ2) is 6.91. The molecule has 0 aromatic carbocycles. The third-order valence-corrected chi connectivity index (χ3v) is 4.58. The minimum Gasteiger partial charge on any atom is -0.261 e. The van der Waals surface area contributed by atoms with Gasteiger partial charge in [0.05, 0.1) is 0 Å². The van der Waals surface area contributed by atoms with E-state index in [2.05, 4.69) is 48.0 Å². The molecule has 2 aliphatic carbocycles. The van der Waals surface area contributed by atoms with Crippen LogP contribution in [0, 0.1) is 5.92 Å². The Morgan fingerprint density at radius 1 is 1.23 bits per heavy atom. The summed E-state index contributed by atoms with van der Waals surface area (Å²) in [5, 5.41) is 0. The Bertz CT molecular complexity index is 628. The lowest BCUT2D eigenvalue weighted by Gasteiger charge is -2.26. The first kappa shape index (κ1) is 15.0. The summed E-state index contributed by atoms with van der Waals surface area (Å²) in [7, 11) is 0. The summed E-state index contributed by atoms with van der Waals surface area (Å²) in [5.74, 6) is 0.765. The number of rotatable bonds is 5. The van der Waals surface area contributed by atoms with Gasteiger partial charge in [-0.15, -0.1) is 0 Å². The van der Waals surface area contributed by atoms with Gasteiger partial charge in [0.25, 0.3) is 0 Å². The summed E-state index contributed by atoms with van der Waals surface area (Å²) >= 11 is 0. The first-order chi connectivity index (χ1) is 10.7. The lowest BCUT2D eigenvalue weighted by atomic mass is 9.79. The standard InChI is InChI=1S/C21H25N/c1-16(2)14-20-13-11-17(15-22-20)10-12-19-8-5-7-18-6-3-4-9-21(18)19/h4-5,8-9,11,13,15,18H,1,3,6-7,10,12,14H2,2H3. The maximum atomic E-state index is 4.56. The van der Waals surface area contributed by atoms with Crippen molar-refractivity contribution in [1.29, 1.82) is 0 Å². The number of pyridine rings is 1. The van der Waals surface area contributed by atoms with E-state index in [0.717, 1.165) is 36.4 Å². The van der Waals surface area contributed by atoms with Crippen LogP contribution in [0.2, 0.25) is 0 Å². The van der Waals surface area contributed by atoms with Gasteiger partial charge in [-0.2, -0.15) is 0 Å². The predicted molar refractivity (Wildman–Crippen MR) is 93.7 cm³/mol. The third kappa shape index (κ3) is 3.65. The Balaban J connectivity index is 1.65. The highest BCUT2D eigenvalue weighted by atomic mass is 14.7. The number of fused-ring (bicyclic) bond motifs is 1. The van der Waals surface area contributed by atoms with Crippen LogP contribution >= 0.6 is 0 Å². The smallest absolute Gasteiger partial charge is 0.0444 e. The van der Waals surface area contributed by atoms with Gasteiger partial charge < -0.3 is 0 Å². The Morgan fingerprint density at radius 2 is 2.14 bits per heavy atom. The largest absolute Gasteiger partial charge is 0.261 e. The zero-order chi connectivity index (χ0) is 15.4. The quantitative estimate of drug-likeness (QED) is 0.666. The fourth-order valence-electron chi connectivity index (χ4n) is 3.41. The van der Waals surface area contributed by atoms with Crippen molar-refractivity contribution in [2.45, 2.75) is 45.4 Å². The van der Waals surface area contributed by atoms with Crippen LogP contribution in [-0.2, 0) is 12.8 Å². The van der Waals surface area contributed by atoms with Crippen LogP contribution in [0.5, 0.6) is 0 Å². The molecule has 1 nitrogen and oxygen atoms in total. The summed E-state index contributed by atoms with van der Waals surface area (Å²) in [4.78, 5) is 4.56. The van der Waals surface area contributed by atoms with E-state index in [1.54, 1.807) is 5.57 Å². The van der Waals surface area contributed by atoms with E-state index in [-0.39, 0.29) is 0 Å². The van der Waals surface area contributed by atoms with Crippen LogP contribution in [0.25, 0.3) is 0 Å². The van der Waals surface area contributed by atoms with E-state index in [0.29, 0.717) is 0 Å². The Morgan fingerprint density at radius 3 is 2.91 bits per heavy atom. The molecule has 1 atom stereocenters. The van der Waals surface area contributed by atoms with Crippen molar-refractivity contribution in [2.24, 2.45) is 5.92 Å². The molecule has 2 aliphatic rings. The molecule has 0 fully saturated rings. The molecule has 0 saturated heterocycles. The maximum Gasteiger partial charge on any atom is 0.0444 e. The Hall–Kier alpha value is -1.89. The molecule has 0 radical (unpaired) electrons. The highest BCUT2D eigenvalue weighted by molar-refractivity contribution is 5.40. The van der Waals surface area contributed by atoms with E-state index in [4.69, 9.17) is 0 Å². The SMILES string of the molecule is C=C(C)Cc1ccc(CCC2=C3C=CCCC3CC=C2)cn1. The number of hydrogen-bond acceptors (Lipinski definition) is 1. The molecular formula is C21H25N. The maximum absolute atomic E-state index is 4.56. The van der Waals surface area contributed by atoms with E-state index in [1.165, 1.54) is 30.4 Å². The molecule has 1 aromatic heterocycles. The van der Waals surface area contributed by atoms with E-state index < -0.39 is 0 Å². The predicted octanol–water partition coefficient (Wildman–Crippen LogP) is 5.36. The van der Waals surface area contributed by atoms with Crippen molar-refractivity contribution in [3.8, 4) is 0 Å². The fraction of sp³-hybridized carbons (Fsp3) is 0.381. The summed E-state index contributed by atoms with van der Waals surface area (Å²) in [6, 6.07) is 4.36. The van der Waals surface area contributed by atoms with Crippen LogP contribution in [0.15, 0.2) is 65.9 Å². The van der Waals surface area contributed by atoms with Crippen LogP contribution in [-0.4, -0.2) is 4.98 Å². The molecule has 1 unspecified atom stereocenters. The minimum absolute atomic E-state index is 0.765. The van der Waals surface area contributed by atoms with Gasteiger partial charge in [0, 0.05) is 18.3 Å². The summed E-state index contributed by atoms with van der Waals surface area (Å²) in [5.41, 5.74) is 6.72. The normalized spacial score (nSPS) is 20.1. The Labute approximate surface area is 134 Å². The van der Waals surface area contributed by atoms with Crippen molar-refractivity contribution in [3.63, 3.8) is 0 Å². The van der Waals surface area contributed by atoms with Crippen molar-refractivity contribution in [3.05, 3.63) is 77.2 Å². The van der Waals surface area contributed by atoms with E-state index in [9.17, 15) is 0 Å². The zero-order valence-electron chi connectivity index (χ0n) is 13.5. The lowest BCUT2D eigenvalue weighted by molar-refractivity contribution is 0.557. The van der Waals surface area contributed by atoms with Crippen LogP contribution in [0.3, 0.4) is 0 Å². The van der Waals surface area contributed by atoms with Crippen molar-refractivity contribution in [2.75, 3.05) is 0 Å². The van der Waals surface area contributed by atoms with Crippen molar-refractivity contribution < 1.29 is 0 Å². The van der Waals surface area contributed by atoms with Gasteiger partial charge in [-0.25, -0.2) is 0 Å². The summed E-state index contributed by atoms with van der Waals surface area (Å²) in [6.45, 7) is 6.00. The molecule has 0 spiro atoms. The molecule has 3 rings (SSSR count). The Kier molecular flexibility index (Phi) is 4.72. The molecule has 1 heteroatoms. The van der Waals surface area contributed by atoms with Crippen molar-refractivity contribution in [1.82, 2.24) is 4.98 Å². The number of nitrogens with zero attached hydrogens (tertiary/aromatic N) is 1.